The number of rotatable bonds is 20. The predicted molar refractivity (Wildman–Crippen MR) is 136 cm³/mol. The van der Waals surface area contributed by atoms with Gasteiger partial charge in [-0.15, -0.1) is 0 Å². The minimum Gasteiger partial charge on any atom is -0.377 e. The smallest absolute Gasteiger partial charge is 0.299 e. The lowest BCUT2D eigenvalue weighted by Crippen LogP contribution is -2.16. The Morgan fingerprint density at radius 1 is 0.737 bits per heavy atom. The van der Waals surface area contributed by atoms with Crippen LogP contribution in [0, 0.1) is 27.2 Å². The van der Waals surface area contributed by atoms with Crippen LogP contribution in [0.5, 0.6) is 0 Å². The number of anilines is 1. The van der Waals surface area contributed by atoms with Crippen LogP contribution in [0.15, 0.2) is 47.4 Å². The van der Waals surface area contributed by atoms with Crippen molar-refractivity contribution >= 4 is 27.2 Å². The monoisotopic (exact) mass is 557 g/mol. The van der Waals surface area contributed by atoms with Gasteiger partial charge in [0, 0.05) is 12.6 Å². The molecule has 0 aliphatic rings. The summed E-state index contributed by atoms with van der Waals surface area (Å²) >= 11 is 0. The molecule has 0 saturated carbocycles. The van der Waals surface area contributed by atoms with Gasteiger partial charge in [-0.05, 0) is 25.1 Å². The maximum absolute atomic E-state index is 12.0. The average molecular weight is 558 g/mol. The fourth-order valence-corrected chi connectivity index (χ4v) is 3.82. The van der Waals surface area contributed by atoms with Crippen LogP contribution in [0.25, 0.3) is 0 Å². The molecule has 0 unspecified atom stereocenters. The molecule has 0 bridgehead atoms. The summed E-state index contributed by atoms with van der Waals surface area (Å²) in [5.41, 5.74) is 0.381. The van der Waals surface area contributed by atoms with Crippen LogP contribution in [-0.2, 0) is 33.2 Å². The molecule has 0 aliphatic carbocycles. The third kappa shape index (κ3) is 11.5. The second kappa shape index (κ2) is 16.6. The third-order valence-corrected chi connectivity index (χ3v) is 6.17. The van der Waals surface area contributed by atoms with Crippen molar-refractivity contribution in [2.45, 2.75) is 11.8 Å². The molecule has 0 heterocycles. The number of nitro groups is 2. The number of hydrogen-bond donors (Lipinski definition) is 1. The second-order valence-corrected chi connectivity index (χ2v) is 9.30. The van der Waals surface area contributed by atoms with E-state index in [1.165, 1.54) is 24.3 Å². The molecule has 2 aromatic carbocycles. The molecule has 0 saturated heterocycles. The summed E-state index contributed by atoms with van der Waals surface area (Å²) in [7, 11) is -3.80. The van der Waals surface area contributed by atoms with Crippen molar-refractivity contribution in [3.63, 3.8) is 0 Å². The largest absolute Gasteiger partial charge is 0.377 e. The Balaban J connectivity index is 1.41. The van der Waals surface area contributed by atoms with E-state index in [2.05, 4.69) is 5.32 Å². The van der Waals surface area contributed by atoms with Crippen molar-refractivity contribution in [1.29, 1.82) is 0 Å². The Bertz CT molecular complexity index is 1130. The zero-order chi connectivity index (χ0) is 27.8. The number of ether oxygens (including phenoxy) is 4. The minimum atomic E-state index is -3.80. The number of nitro benzene ring substituents is 2. The predicted octanol–water partition coefficient (Wildman–Crippen LogP) is 2.70. The summed E-state index contributed by atoms with van der Waals surface area (Å²) in [5, 5.41) is 24.7. The highest BCUT2D eigenvalue weighted by atomic mass is 32.2. The zero-order valence-corrected chi connectivity index (χ0v) is 21.7. The summed E-state index contributed by atoms with van der Waals surface area (Å²) < 4.78 is 50.4. The normalized spacial score (nSPS) is 11.4. The van der Waals surface area contributed by atoms with Crippen LogP contribution in [-0.4, -0.2) is 84.3 Å². The molecule has 0 fully saturated rings. The first-order valence-electron chi connectivity index (χ1n) is 11.6. The lowest BCUT2D eigenvalue weighted by molar-refractivity contribution is -0.393. The molecule has 1 N–H and O–H groups in total. The van der Waals surface area contributed by atoms with E-state index in [0.717, 1.165) is 11.6 Å². The molecular weight excluding hydrogens is 526 g/mol. The van der Waals surface area contributed by atoms with Gasteiger partial charge in [0.05, 0.1) is 80.3 Å². The summed E-state index contributed by atoms with van der Waals surface area (Å²) in [5.74, 6) is 0. The number of non-ortho nitro benzene ring substituents is 1. The molecule has 0 spiro atoms. The van der Waals surface area contributed by atoms with Crippen LogP contribution in [0.3, 0.4) is 0 Å². The highest BCUT2D eigenvalue weighted by molar-refractivity contribution is 7.86. The van der Waals surface area contributed by atoms with Gasteiger partial charge in [0.25, 0.3) is 21.5 Å². The number of hydrogen-bond acceptors (Lipinski definition) is 12. The van der Waals surface area contributed by atoms with E-state index in [1.54, 1.807) is 12.1 Å². The van der Waals surface area contributed by atoms with Crippen molar-refractivity contribution in [2.24, 2.45) is 0 Å². The summed E-state index contributed by atoms with van der Waals surface area (Å²) in [6, 6.07) is 9.75. The van der Waals surface area contributed by atoms with Gasteiger partial charge in [0.2, 0.25) is 0 Å². The van der Waals surface area contributed by atoms with Gasteiger partial charge >= 0.3 is 0 Å². The first-order chi connectivity index (χ1) is 18.2. The molecular formula is C23H31N3O11S. The van der Waals surface area contributed by atoms with Crippen LogP contribution < -0.4 is 5.32 Å². The summed E-state index contributed by atoms with van der Waals surface area (Å²) in [4.78, 5) is 20.6. The summed E-state index contributed by atoms with van der Waals surface area (Å²) in [6.45, 7) is 4.29. The van der Waals surface area contributed by atoms with E-state index in [1.807, 2.05) is 6.92 Å². The van der Waals surface area contributed by atoms with Crippen LogP contribution in [0.1, 0.15) is 5.56 Å². The van der Waals surface area contributed by atoms with Gasteiger partial charge in [0.1, 0.15) is 5.69 Å². The van der Waals surface area contributed by atoms with E-state index < -0.39 is 20.0 Å². The topological polar surface area (TPSA) is 179 Å². The van der Waals surface area contributed by atoms with Gasteiger partial charge in [0.15, 0.2) is 0 Å². The molecule has 15 heteroatoms. The van der Waals surface area contributed by atoms with Crippen molar-refractivity contribution in [2.75, 3.05) is 71.3 Å². The Morgan fingerprint density at radius 2 is 1.26 bits per heavy atom. The van der Waals surface area contributed by atoms with E-state index in [0.29, 0.717) is 33.0 Å². The fraction of sp³-hybridized carbons (Fsp3) is 0.478. The van der Waals surface area contributed by atoms with Crippen LogP contribution >= 0.6 is 0 Å². The first kappa shape index (κ1) is 31.0. The molecule has 38 heavy (non-hydrogen) atoms. The molecule has 2 aromatic rings. The lowest BCUT2D eigenvalue weighted by Gasteiger charge is -2.09. The lowest BCUT2D eigenvalue weighted by atomic mass is 10.2. The molecule has 0 atom stereocenters. The van der Waals surface area contributed by atoms with E-state index >= 15 is 0 Å². The van der Waals surface area contributed by atoms with Gasteiger partial charge in [-0.25, -0.2) is 0 Å². The molecule has 0 aliphatic heterocycles. The summed E-state index contributed by atoms with van der Waals surface area (Å²) in [6.07, 6.45) is 0. The molecule has 14 nitrogen and oxygen atoms in total. The third-order valence-electron chi connectivity index (χ3n) is 4.84. The molecule has 0 amide bonds. The van der Waals surface area contributed by atoms with Gasteiger partial charge in [-0.2, -0.15) is 8.42 Å². The highest BCUT2D eigenvalue weighted by Crippen LogP contribution is 2.28. The Labute approximate surface area is 220 Å². The Morgan fingerprint density at radius 3 is 1.79 bits per heavy atom. The Kier molecular flexibility index (Phi) is 13.5. The second-order valence-electron chi connectivity index (χ2n) is 7.68. The standard InChI is InChI=1S/C23H31N3O11S/c1-19-2-5-21(6-3-19)38(31,32)37-17-16-36-15-14-35-13-12-34-11-10-33-9-8-24-22-7-4-20(25(27)28)18-23(22)26(29)30/h2-7,18,24H,8-17H2,1H3. The minimum absolute atomic E-state index is 0.0976. The maximum Gasteiger partial charge on any atom is 0.299 e. The fourth-order valence-electron chi connectivity index (χ4n) is 2.93. The molecule has 0 aromatic heterocycles. The number of nitrogens with one attached hydrogen (secondary N) is 1. The van der Waals surface area contributed by atoms with E-state index in [-0.39, 0.29) is 54.9 Å². The molecule has 0 radical (unpaired) electrons. The number of benzene rings is 2. The average Bonchev–Trinajstić information content (AvgIpc) is 2.88. The SMILES string of the molecule is Cc1ccc(S(=O)(=O)OCCOCCOCCOCCOCCNc2ccc([N+](=O)[O-])cc2[N+](=O)[O-])cc1. The number of nitrogens with zero attached hydrogens (tertiary/aromatic N) is 2. The number of aryl methyl sites for hydroxylation is 1. The maximum atomic E-state index is 12.0. The first-order valence-corrected chi connectivity index (χ1v) is 13.1. The zero-order valence-electron chi connectivity index (χ0n) is 20.9. The van der Waals surface area contributed by atoms with Gasteiger partial charge in [-0.1, -0.05) is 17.7 Å². The van der Waals surface area contributed by atoms with E-state index in [4.69, 9.17) is 23.1 Å². The molecule has 210 valence electrons. The molecule has 2 rings (SSSR count). The van der Waals surface area contributed by atoms with Crippen molar-refractivity contribution in [3.05, 3.63) is 68.3 Å². The van der Waals surface area contributed by atoms with Crippen molar-refractivity contribution < 1.29 is 41.4 Å². The quantitative estimate of drug-likeness (QED) is 0.109. The van der Waals surface area contributed by atoms with Crippen molar-refractivity contribution in [1.82, 2.24) is 0 Å². The van der Waals surface area contributed by atoms with Gasteiger partial charge in [-0.3, -0.25) is 24.4 Å². The van der Waals surface area contributed by atoms with Crippen LogP contribution in [0.2, 0.25) is 0 Å². The van der Waals surface area contributed by atoms with Crippen LogP contribution in [0.4, 0.5) is 17.1 Å². The van der Waals surface area contributed by atoms with E-state index in [9.17, 15) is 28.6 Å². The van der Waals surface area contributed by atoms with Crippen molar-refractivity contribution in [3.8, 4) is 0 Å². The Hall–Kier alpha value is -3.21. The highest BCUT2D eigenvalue weighted by Gasteiger charge is 2.19. The van der Waals surface area contributed by atoms with Gasteiger partial charge < -0.3 is 24.3 Å².